The molecule has 6 heteroatoms. The van der Waals surface area contributed by atoms with E-state index in [0.29, 0.717) is 19.8 Å². The summed E-state index contributed by atoms with van der Waals surface area (Å²) in [5.74, 6) is 0. The fourth-order valence-corrected chi connectivity index (χ4v) is 3.81. The molecule has 3 aliphatic rings. The Morgan fingerprint density at radius 3 is 1.87 bits per heavy atom. The van der Waals surface area contributed by atoms with Gasteiger partial charge in [0.2, 0.25) is 0 Å². The largest absolute Gasteiger partial charge is 0.680 e. The Balaban J connectivity index is 2.05. The third-order valence-electron chi connectivity index (χ3n) is 2.44. The Morgan fingerprint density at radius 1 is 1.00 bits per heavy atom. The van der Waals surface area contributed by atoms with E-state index >= 15 is 0 Å². The number of fused-ring (bicyclic) bond motifs is 6. The second-order valence-electron chi connectivity index (χ2n) is 4.05. The molecule has 0 unspecified atom stereocenters. The molecule has 0 aromatic rings. The molecular weight excluding hydrogens is 214 g/mol. The standard InChI is InChI=1S/C9H19NO4Si/c1-9(2)14-15-11-6-3-10(4-7-12-15)5-8-13-15/h9H,3-8H2,1-2H3. The van der Waals surface area contributed by atoms with E-state index in [1.807, 2.05) is 13.8 Å². The smallest absolute Gasteiger partial charge is 0.350 e. The Kier molecular flexibility index (Phi) is 3.76. The summed E-state index contributed by atoms with van der Waals surface area (Å²) in [6.07, 6.45) is 0.0756. The third-order valence-corrected chi connectivity index (χ3v) is 4.87. The van der Waals surface area contributed by atoms with Crippen LogP contribution in [-0.2, 0) is 17.7 Å². The normalized spacial score (nSPS) is 37.4. The average Bonchev–Trinajstić information content (AvgIpc) is 2.05. The molecule has 3 rings (SSSR count). The van der Waals surface area contributed by atoms with E-state index in [-0.39, 0.29) is 6.10 Å². The van der Waals surface area contributed by atoms with Crippen molar-refractivity contribution in [3.8, 4) is 0 Å². The summed E-state index contributed by atoms with van der Waals surface area (Å²) in [4.78, 5) is 2.28. The van der Waals surface area contributed by atoms with Crippen LogP contribution < -0.4 is 0 Å². The molecule has 3 heterocycles. The van der Waals surface area contributed by atoms with Gasteiger partial charge < -0.3 is 17.7 Å². The Bertz CT molecular complexity index is 188. The molecule has 0 spiro atoms. The van der Waals surface area contributed by atoms with Crippen molar-refractivity contribution in [3.05, 3.63) is 0 Å². The predicted molar refractivity (Wildman–Crippen MR) is 56.3 cm³/mol. The molecule has 3 saturated heterocycles. The zero-order valence-electron chi connectivity index (χ0n) is 9.40. The van der Waals surface area contributed by atoms with Gasteiger partial charge in [-0.2, -0.15) is 0 Å². The van der Waals surface area contributed by atoms with Gasteiger partial charge >= 0.3 is 9.05 Å². The lowest BCUT2D eigenvalue weighted by atomic mass is 10.4. The SMILES string of the molecule is CC(C)O[Si]12OCCN(CCO1)CCO2. The Morgan fingerprint density at radius 2 is 1.47 bits per heavy atom. The van der Waals surface area contributed by atoms with Crippen LogP contribution >= 0.6 is 0 Å². The van der Waals surface area contributed by atoms with Gasteiger partial charge in [-0.15, -0.1) is 0 Å². The first-order valence-electron chi connectivity index (χ1n) is 5.52. The van der Waals surface area contributed by atoms with E-state index in [4.69, 9.17) is 17.7 Å². The summed E-state index contributed by atoms with van der Waals surface area (Å²) in [5, 5.41) is 0. The molecule has 0 aromatic carbocycles. The maximum atomic E-state index is 5.73. The van der Waals surface area contributed by atoms with Crippen molar-refractivity contribution in [1.29, 1.82) is 0 Å². The first-order valence-corrected chi connectivity index (χ1v) is 7.15. The van der Waals surface area contributed by atoms with Gasteiger partial charge in [0.1, 0.15) is 0 Å². The van der Waals surface area contributed by atoms with Crippen molar-refractivity contribution >= 4 is 9.05 Å². The molecule has 0 aromatic heterocycles. The van der Waals surface area contributed by atoms with E-state index in [1.54, 1.807) is 0 Å². The molecule has 0 radical (unpaired) electrons. The zero-order chi connectivity index (χ0) is 10.7. The molecule has 5 nitrogen and oxygen atoms in total. The van der Waals surface area contributed by atoms with Crippen molar-refractivity contribution < 1.29 is 17.7 Å². The lowest BCUT2D eigenvalue weighted by Gasteiger charge is -2.37. The molecule has 0 amide bonds. The summed E-state index contributed by atoms with van der Waals surface area (Å²) >= 11 is 0. The Labute approximate surface area is 91.7 Å². The maximum Gasteiger partial charge on any atom is 0.680 e. The van der Waals surface area contributed by atoms with E-state index in [9.17, 15) is 0 Å². The van der Waals surface area contributed by atoms with Crippen molar-refractivity contribution in [1.82, 2.24) is 4.90 Å². The van der Waals surface area contributed by atoms with Gasteiger partial charge in [-0.1, -0.05) is 0 Å². The minimum Gasteiger partial charge on any atom is -0.350 e. The molecule has 88 valence electrons. The molecule has 3 fully saturated rings. The molecule has 15 heavy (non-hydrogen) atoms. The predicted octanol–water partition coefficient (Wildman–Crippen LogP) is 0.226. The lowest BCUT2D eigenvalue weighted by molar-refractivity contribution is -0.0846. The Hall–Kier alpha value is 0.0169. The second kappa shape index (κ2) is 4.90. The number of hydrogen-bond donors (Lipinski definition) is 0. The molecule has 0 aliphatic carbocycles. The minimum absolute atomic E-state index is 0.0756. The van der Waals surface area contributed by atoms with Crippen molar-refractivity contribution in [2.75, 3.05) is 39.5 Å². The van der Waals surface area contributed by atoms with Crippen LogP contribution in [0.5, 0.6) is 0 Å². The lowest BCUT2D eigenvalue weighted by Crippen LogP contribution is -2.57. The highest BCUT2D eigenvalue weighted by molar-refractivity contribution is 6.53. The molecule has 0 N–H and O–H groups in total. The summed E-state index contributed by atoms with van der Waals surface area (Å²) < 4.78 is 22.8. The van der Waals surface area contributed by atoms with E-state index in [2.05, 4.69) is 4.90 Å². The van der Waals surface area contributed by atoms with Crippen LogP contribution in [0.3, 0.4) is 0 Å². The van der Waals surface area contributed by atoms with Crippen molar-refractivity contribution in [2.45, 2.75) is 20.0 Å². The fraction of sp³-hybridized carbons (Fsp3) is 1.00. The number of nitrogens with zero attached hydrogens (tertiary/aromatic N) is 1. The highest BCUT2D eigenvalue weighted by Crippen LogP contribution is 2.18. The van der Waals surface area contributed by atoms with Gasteiger partial charge in [0.05, 0.1) is 19.8 Å². The average molecular weight is 233 g/mol. The van der Waals surface area contributed by atoms with Gasteiger partial charge in [0.25, 0.3) is 0 Å². The maximum absolute atomic E-state index is 5.73. The summed E-state index contributed by atoms with van der Waals surface area (Å²) in [5.41, 5.74) is 0. The highest BCUT2D eigenvalue weighted by Gasteiger charge is 2.48. The highest BCUT2D eigenvalue weighted by atomic mass is 28.4. The minimum atomic E-state index is -2.82. The third kappa shape index (κ3) is 2.99. The molecule has 3 aliphatic heterocycles. The molecule has 2 bridgehead atoms. The van der Waals surface area contributed by atoms with Crippen LogP contribution in [0.1, 0.15) is 13.8 Å². The second-order valence-corrected chi connectivity index (χ2v) is 6.16. The van der Waals surface area contributed by atoms with Gasteiger partial charge in [-0.25, -0.2) is 0 Å². The topological polar surface area (TPSA) is 40.2 Å². The molecular formula is C9H19NO4Si. The van der Waals surface area contributed by atoms with Crippen LogP contribution in [0, 0.1) is 0 Å². The van der Waals surface area contributed by atoms with Crippen LogP contribution in [-0.4, -0.2) is 59.5 Å². The quantitative estimate of drug-likeness (QED) is 0.638. The van der Waals surface area contributed by atoms with E-state index in [1.165, 1.54) is 0 Å². The van der Waals surface area contributed by atoms with E-state index < -0.39 is 9.05 Å². The number of hydrogen-bond acceptors (Lipinski definition) is 5. The van der Waals surface area contributed by atoms with Gasteiger partial charge in [-0.05, 0) is 13.8 Å². The van der Waals surface area contributed by atoms with Crippen molar-refractivity contribution in [2.24, 2.45) is 0 Å². The van der Waals surface area contributed by atoms with Crippen LogP contribution in [0.15, 0.2) is 0 Å². The van der Waals surface area contributed by atoms with Gasteiger partial charge in [-0.3, -0.25) is 4.90 Å². The monoisotopic (exact) mass is 233 g/mol. The number of rotatable bonds is 2. The summed E-state index contributed by atoms with van der Waals surface area (Å²) in [6.45, 7) is 8.70. The first kappa shape index (κ1) is 11.5. The summed E-state index contributed by atoms with van der Waals surface area (Å²) in [6, 6.07) is 0. The zero-order valence-corrected chi connectivity index (χ0v) is 10.4. The molecule has 0 saturated carbocycles. The van der Waals surface area contributed by atoms with Crippen LogP contribution in [0.2, 0.25) is 0 Å². The van der Waals surface area contributed by atoms with Crippen molar-refractivity contribution in [3.63, 3.8) is 0 Å². The first-order chi connectivity index (χ1) is 7.20. The van der Waals surface area contributed by atoms with E-state index in [0.717, 1.165) is 19.6 Å². The van der Waals surface area contributed by atoms with Gasteiger partial charge in [0.15, 0.2) is 0 Å². The molecule has 0 atom stereocenters. The van der Waals surface area contributed by atoms with Crippen LogP contribution in [0.4, 0.5) is 0 Å². The van der Waals surface area contributed by atoms with Gasteiger partial charge in [0, 0.05) is 25.7 Å². The summed E-state index contributed by atoms with van der Waals surface area (Å²) in [7, 11) is -2.82. The fourth-order valence-electron chi connectivity index (χ4n) is 1.75. The van der Waals surface area contributed by atoms with Crippen LogP contribution in [0.25, 0.3) is 0 Å².